The van der Waals surface area contributed by atoms with E-state index < -0.39 is 16.0 Å². The molecule has 2 rings (SSSR count). The summed E-state index contributed by atoms with van der Waals surface area (Å²) in [6.07, 6.45) is 1.20. The Bertz CT molecular complexity index is 747. The molecule has 0 aliphatic carbocycles. The van der Waals surface area contributed by atoms with E-state index in [2.05, 4.69) is 14.9 Å². The lowest BCUT2D eigenvalue weighted by molar-refractivity contribution is 0.0697. The van der Waals surface area contributed by atoms with Gasteiger partial charge in [0.1, 0.15) is 11.5 Å². The second-order valence-electron chi connectivity index (χ2n) is 3.99. The van der Waals surface area contributed by atoms with Crippen LogP contribution in [0, 0.1) is 13.8 Å². The van der Waals surface area contributed by atoms with Crippen molar-refractivity contribution in [1.29, 1.82) is 0 Å². The molecule has 2 heterocycles. The van der Waals surface area contributed by atoms with Crippen molar-refractivity contribution in [2.75, 3.05) is 4.72 Å². The Balaban J connectivity index is 2.39. The van der Waals surface area contributed by atoms with E-state index in [0.717, 1.165) is 6.07 Å². The number of sulfonamides is 1. The van der Waals surface area contributed by atoms with Gasteiger partial charge in [0.05, 0.1) is 5.56 Å². The molecule has 0 bridgehead atoms. The molecule has 106 valence electrons. The highest BCUT2D eigenvalue weighted by Crippen LogP contribution is 2.21. The van der Waals surface area contributed by atoms with E-state index in [4.69, 9.17) is 9.63 Å². The number of carbonyl (C=O) groups is 1. The summed E-state index contributed by atoms with van der Waals surface area (Å²) in [5.74, 6) is -1.13. The van der Waals surface area contributed by atoms with Crippen LogP contribution in [-0.4, -0.2) is 29.6 Å². The van der Waals surface area contributed by atoms with Gasteiger partial charge in [0.15, 0.2) is 10.7 Å². The minimum atomic E-state index is -3.94. The number of aryl methyl sites for hydroxylation is 2. The Morgan fingerprint density at radius 3 is 2.65 bits per heavy atom. The molecule has 0 amide bonds. The number of hydrogen-bond donors (Lipinski definition) is 2. The van der Waals surface area contributed by atoms with E-state index >= 15 is 0 Å². The smallest absolute Gasteiger partial charge is 0.335 e. The van der Waals surface area contributed by atoms with Crippen molar-refractivity contribution in [3.05, 3.63) is 35.3 Å². The van der Waals surface area contributed by atoms with Crippen molar-refractivity contribution in [3.63, 3.8) is 0 Å². The first-order valence-electron chi connectivity index (χ1n) is 5.46. The molecule has 0 aliphatic heterocycles. The molecular formula is C11H11N3O5S. The third kappa shape index (κ3) is 2.62. The summed E-state index contributed by atoms with van der Waals surface area (Å²) in [4.78, 5) is 14.5. The molecule has 0 atom stereocenters. The predicted molar refractivity (Wildman–Crippen MR) is 68.0 cm³/mol. The summed E-state index contributed by atoms with van der Waals surface area (Å²) < 4.78 is 31.4. The molecule has 2 N–H and O–H groups in total. The van der Waals surface area contributed by atoms with Crippen molar-refractivity contribution in [2.45, 2.75) is 18.7 Å². The van der Waals surface area contributed by atoms with Gasteiger partial charge in [-0.05, 0) is 26.0 Å². The lowest BCUT2D eigenvalue weighted by Crippen LogP contribution is -2.15. The van der Waals surface area contributed by atoms with Crippen LogP contribution in [0.5, 0.6) is 0 Å². The van der Waals surface area contributed by atoms with Crippen molar-refractivity contribution in [2.24, 2.45) is 0 Å². The van der Waals surface area contributed by atoms with Crippen molar-refractivity contribution >= 4 is 21.8 Å². The first-order valence-corrected chi connectivity index (χ1v) is 6.94. The summed E-state index contributed by atoms with van der Waals surface area (Å²) in [5, 5.41) is 12.4. The van der Waals surface area contributed by atoms with Gasteiger partial charge in [-0.3, -0.25) is 4.72 Å². The van der Waals surface area contributed by atoms with E-state index in [1.54, 1.807) is 0 Å². The van der Waals surface area contributed by atoms with Crippen molar-refractivity contribution in [3.8, 4) is 0 Å². The lowest BCUT2D eigenvalue weighted by Gasteiger charge is -2.07. The largest absolute Gasteiger partial charge is 0.478 e. The van der Waals surface area contributed by atoms with Crippen LogP contribution in [-0.2, 0) is 10.0 Å². The van der Waals surface area contributed by atoms with Crippen LogP contribution in [0.2, 0.25) is 0 Å². The molecule has 0 unspecified atom stereocenters. The number of rotatable bonds is 4. The van der Waals surface area contributed by atoms with E-state index in [1.807, 2.05) is 0 Å². The van der Waals surface area contributed by atoms with Crippen LogP contribution in [0.4, 0.5) is 5.82 Å². The number of nitrogens with one attached hydrogen (secondary N) is 1. The predicted octanol–water partition coefficient (Wildman–Crippen LogP) is 1.19. The second kappa shape index (κ2) is 4.93. The molecule has 0 aromatic carbocycles. The highest BCUT2D eigenvalue weighted by molar-refractivity contribution is 7.92. The molecule has 20 heavy (non-hydrogen) atoms. The fraction of sp³-hybridized carbons (Fsp3) is 0.182. The van der Waals surface area contributed by atoms with Crippen LogP contribution in [0.1, 0.15) is 21.8 Å². The van der Waals surface area contributed by atoms with E-state index in [9.17, 15) is 13.2 Å². The molecule has 0 radical (unpaired) electrons. The number of nitrogens with zero attached hydrogens (tertiary/aromatic N) is 2. The summed E-state index contributed by atoms with van der Waals surface area (Å²) in [7, 11) is -3.94. The van der Waals surface area contributed by atoms with Gasteiger partial charge in [0, 0.05) is 6.20 Å². The van der Waals surface area contributed by atoms with Gasteiger partial charge in [0.25, 0.3) is 10.0 Å². The summed E-state index contributed by atoms with van der Waals surface area (Å²) >= 11 is 0. The number of carboxylic acid groups (broad SMARTS) is 1. The molecular weight excluding hydrogens is 286 g/mol. The number of aromatic carboxylic acids is 1. The van der Waals surface area contributed by atoms with Gasteiger partial charge in [-0.1, -0.05) is 5.16 Å². The quantitative estimate of drug-likeness (QED) is 0.868. The van der Waals surface area contributed by atoms with Crippen molar-refractivity contribution in [1.82, 2.24) is 10.1 Å². The number of aromatic nitrogens is 2. The fourth-order valence-corrected chi connectivity index (χ4v) is 3.00. The number of carboxylic acids is 1. The van der Waals surface area contributed by atoms with Crippen LogP contribution in [0.3, 0.4) is 0 Å². The zero-order valence-corrected chi connectivity index (χ0v) is 11.4. The minimum absolute atomic E-state index is 0.0727. The molecule has 0 spiro atoms. The summed E-state index contributed by atoms with van der Waals surface area (Å²) in [5.41, 5.74) is 0.140. The molecule has 0 fully saturated rings. The maximum atomic E-state index is 12.2. The molecule has 0 saturated carbocycles. The number of hydrogen-bond acceptors (Lipinski definition) is 6. The van der Waals surface area contributed by atoms with E-state index in [0.29, 0.717) is 0 Å². The van der Waals surface area contributed by atoms with E-state index in [-0.39, 0.29) is 27.7 Å². The van der Waals surface area contributed by atoms with Gasteiger partial charge in [0.2, 0.25) is 0 Å². The Labute approximate surface area is 114 Å². The van der Waals surface area contributed by atoms with Crippen LogP contribution < -0.4 is 4.72 Å². The Morgan fingerprint density at radius 2 is 2.10 bits per heavy atom. The molecule has 0 aliphatic rings. The zero-order chi connectivity index (χ0) is 14.9. The average Bonchev–Trinajstić information content (AvgIpc) is 2.69. The Kier molecular flexibility index (Phi) is 3.45. The first kappa shape index (κ1) is 14.0. The summed E-state index contributed by atoms with van der Waals surface area (Å²) in [6, 6.07) is 2.38. The van der Waals surface area contributed by atoms with Crippen molar-refractivity contribution < 1.29 is 22.8 Å². The highest BCUT2D eigenvalue weighted by Gasteiger charge is 2.24. The van der Waals surface area contributed by atoms with E-state index in [1.165, 1.54) is 26.1 Å². The van der Waals surface area contributed by atoms with Crippen LogP contribution in [0.15, 0.2) is 27.7 Å². The van der Waals surface area contributed by atoms with Gasteiger partial charge in [-0.15, -0.1) is 0 Å². The molecule has 9 heteroatoms. The first-order chi connectivity index (χ1) is 9.31. The standard InChI is InChI=1S/C11H11N3O5S/c1-6-10(7(2)19-13-6)20(17,18)14-9-5-8(11(15)16)3-4-12-9/h3-5H,1-2H3,(H,12,14)(H,15,16). The topological polar surface area (TPSA) is 122 Å². The monoisotopic (exact) mass is 297 g/mol. The summed E-state index contributed by atoms with van der Waals surface area (Å²) in [6.45, 7) is 2.96. The average molecular weight is 297 g/mol. The zero-order valence-electron chi connectivity index (χ0n) is 10.6. The second-order valence-corrected chi connectivity index (χ2v) is 5.61. The minimum Gasteiger partial charge on any atom is -0.478 e. The molecule has 2 aromatic rings. The normalized spacial score (nSPS) is 11.3. The van der Waals surface area contributed by atoms with Gasteiger partial charge in [-0.25, -0.2) is 18.2 Å². The lowest BCUT2D eigenvalue weighted by atomic mass is 10.3. The van der Waals surface area contributed by atoms with Gasteiger partial charge >= 0.3 is 5.97 Å². The third-order valence-corrected chi connectivity index (χ3v) is 4.08. The number of pyridine rings is 1. The highest BCUT2D eigenvalue weighted by atomic mass is 32.2. The van der Waals surface area contributed by atoms with Crippen LogP contribution >= 0.6 is 0 Å². The maximum Gasteiger partial charge on any atom is 0.335 e. The fourth-order valence-electron chi connectivity index (χ4n) is 1.67. The van der Waals surface area contributed by atoms with Crippen LogP contribution in [0.25, 0.3) is 0 Å². The van der Waals surface area contributed by atoms with Gasteiger partial charge in [-0.2, -0.15) is 0 Å². The molecule has 8 nitrogen and oxygen atoms in total. The number of anilines is 1. The molecule has 0 saturated heterocycles. The van der Waals surface area contributed by atoms with Gasteiger partial charge < -0.3 is 9.63 Å². The maximum absolute atomic E-state index is 12.2. The third-order valence-electron chi connectivity index (χ3n) is 2.48. The SMILES string of the molecule is Cc1noc(C)c1S(=O)(=O)Nc1cc(C(=O)O)ccn1. The Hall–Kier alpha value is -2.42. The molecule has 2 aromatic heterocycles. The Morgan fingerprint density at radius 1 is 1.40 bits per heavy atom.